The number of hydrazine groups is 1. The van der Waals surface area contributed by atoms with Crippen molar-refractivity contribution < 1.29 is 9.59 Å². The number of benzene rings is 1. The maximum absolute atomic E-state index is 12.3. The third-order valence-corrected chi connectivity index (χ3v) is 4.20. The van der Waals surface area contributed by atoms with Gasteiger partial charge in [0.25, 0.3) is 11.8 Å². The molecule has 0 aliphatic carbocycles. The SMILES string of the molecule is Cc1ccc(-n2nc(C)c(C(=O)NNC(=O)c3cc(Br)c[nH]3)n2)c(C)c1. The van der Waals surface area contributed by atoms with E-state index in [1.807, 2.05) is 32.0 Å². The number of rotatable bonds is 3. The smallest absolute Gasteiger partial charge is 0.292 e. The Morgan fingerprint density at radius 3 is 2.46 bits per heavy atom. The zero-order valence-corrected chi connectivity index (χ0v) is 16.0. The summed E-state index contributed by atoms with van der Waals surface area (Å²) >= 11 is 3.24. The largest absolute Gasteiger partial charge is 0.356 e. The molecule has 9 heteroatoms. The normalized spacial score (nSPS) is 10.6. The molecular weight excluding hydrogens is 400 g/mol. The summed E-state index contributed by atoms with van der Waals surface area (Å²) in [6, 6.07) is 7.47. The van der Waals surface area contributed by atoms with Crippen LogP contribution in [0, 0.1) is 20.8 Å². The number of aromatic nitrogens is 4. The molecule has 1 aromatic carbocycles. The maximum atomic E-state index is 12.3. The van der Waals surface area contributed by atoms with E-state index in [0.29, 0.717) is 11.4 Å². The highest BCUT2D eigenvalue weighted by Gasteiger charge is 2.18. The van der Waals surface area contributed by atoms with E-state index in [0.717, 1.165) is 21.3 Å². The molecule has 8 nitrogen and oxygen atoms in total. The Morgan fingerprint density at radius 1 is 1.08 bits per heavy atom. The Kier molecular flexibility index (Phi) is 4.90. The van der Waals surface area contributed by atoms with Crippen LogP contribution in [0.2, 0.25) is 0 Å². The first-order chi connectivity index (χ1) is 12.3. The lowest BCUT2D eigenvalue weighted by atomic mass is 10.1. The number of aryl methyl sites for hydroxylation is 3. The quantitative estimate of drug-likeness (QED) is 0.569. The minimum atomic E-state index is -0.544. The fourth-order valence-corrected chi connectivity index (χ4v) is 2.81. The van der Waals surface area contributed by atoms with Gasteiger partial charge >= 0.3 is 0 Å². The van der Waals surface area contributed by atoms with Gasteiger partial charge in [0.05, 0.1) is 11.4 Å². The molecule has 3 rings (SSSR count). The molecule has 0 radical (unpaired) electrons. The Balaban J connectivity index is 1.74. The van der Waals surface area contributed by atoms with Crippen LogP contribution in [0.15, 0.2) is 34.9 Å². The number of amides is 2. The van der Waals surface area contributed by atoms with Gasteiger partial charge in [0.15, 0.2) is 5.69 Å². The Hall–Kier alpha value is -2.94. The minimum Gasteiger partial charge on any atom is -0.356 e. The summed E-state index contributed by atoms with van der Waals surface area (Å²) < 4.78 is 0.737. The molecule has 26 heavy (non-hydrogen) atoms. The van der Waals surface area contributed by atoms with Crippen LogP contribution in [0.3, 0.4) is 0 Å². The molecule has 0 saturated carbocycles. The molecule has 2 amide bonds. The fraction of sp³-hybridized carbons (Fsp3) is 0.176. The van der Waals surface area contributed by atoms with Gasteiger partial charge in [-0.25, -0.2) is 0 Å². The lowest BCUT2D eigenvalue weighted by Gasteiger charge is -2.05. The minimum absolute atomic E-state index is 0.137. The van der Waals surface area contributed by atoms with Gasteiger partial charge in [-0.2, -0.15) is 9.90 Å². The highest BCUT2D eigenvalue weighted by molar-refractivity contribution is 9.10. The van der Waals surface area contributed by atoms with Gasteiger partial charge in [0.1, 0.15) is 5.69 Å². The molecule has 2 heterocycles. The van der Waals surface area contributed by atoms with Gasteiger partial charge in [0.2, 0.25) is 0 Å². The second kappa shape index (κ2) is 7.12. The van der Waals surface area contributed by atoms with Crippen LogP contribution >= 0.6 is 15.9 Å². The Labute approximate surface area is 158 Å². The van der Waals surface area contributed by atoms with E-state index in [4.69, 9.17) is 0 Å². The molecular formula is C17H17BrN6O2. The van der Waals surface area contributed by atoms with E-state index in [9.17, 15) is 9.59 Å². The lowest BCUT2D eigenvalue weighted by Crippen LogP contribution is -2.42. The van der Waals surface area contributed by atoms with Crippen LogP contribution in [0.4, 0.5) is 0 Å². The van der Waals surface area contributed by atoms with Gasteiger partial charge in [0, 0.05) is 10.7 Å². The van der Waals surface area contributed by atoms with Crippen molar-refractivity contribution in [3.63, 3.8) is 0 Å². The fourth-order valence-electron chi connectivity index (χ4n) is 2.47. The molecule has 134 valence electrons. The van der Waals surface area contributed by atoms with E-state index in [1.54, 1.807) is 19.2 Å². The van der Waals surface area contributed by atoms with Gasteiger partial charge in [-0.1, -0.05) is 17.7 Å². The standard InChI is InChI=1S/C17H17BrN6O2/c1-9-4-5-14(10(2)6-9)24-22-11(3)15(23-24)17(26)21-20-16(25)13-7-12(18)8-19-13/h4-8,19H,1-3H3,(H,20,25)(H,21,26). The molecule has 3 N–H and O–H groups in total. The molecule has 2 aromatic heterocycles. The average Bonchev–Trinajstić information content (AvgIpc) is 3.18. The van der Waals surface area contributed by atoms with Crippen molar-refractivity contribution >= 4 is 27.7 Å². The van der Waals surface area contributed by atoms with Crippen molar-refractivity contribution in [2.45, 2.75) is 20.8 Å². The Bertz CT molecular complexity index is 991. The summed E-state index contributed by atoms with van der Waals surface area (Å²) in [5.74, 6) is -1.01. The second-order valence-corrected chi connectivity index (χ2v) is 6.77. The van der Waals surface area contributed by atoms with Crippen molar-refractivity contribution in [2.24, 2.45) is 0 Å². The molecule has 0 spiro atoms. The third kappa shape index (κ3) is 3.67. The predicted octanol–water partition coefficient (Wildman–Crippen LogP) is 2.36. The van der Waals surface area contributed by atoms with E-state index in [1.165, 1.54) is 4.80 Å². The summed E-state index contributed by atoms with van der Waals surface area (Å²) in [5, 5.41) is 8.55. The number of carbonyl (C=O) groups excluding carboxylic acids is 2. The maximum Gasteiger partial charge on any atom is 0.292 e. The second-order valence-electron chi connectivity index (χ2n) is 5.85. The van der Waals surface area contributed by atoms with Crippen molar-refractivity contribution in [3.05, 3.63) is 63.1 Å². The van der Waals surface area contributed by atoms with Gasteiger partial charge < -0.3 is 4.98 Å². The van der Waals surface area contributed by atoms with Crippen LogP contribution in [-0.4, -0.2) is 31.8 Å². The topological polar surface area (TPSA) is 105 Å². The zero-order chi connectivity index (χ0) is 18.8. The molecule has 0 aliphatic rings. The molecule has 0 fully saturated rings. The summed E-state index contributed by atoms with van der Waals surface area (Å²) in [6.07, 6.45) is 1.62. The number of carbonyl (C=O) groups is 2. The van der Waals surface area contributed by atoms with Crippen LogP contribution < -0.4 is 10.9 Å². The number of nitrogens with one attached hydrogen (secondary N) is 3. The summed E-state index contributed by atoms with van der Waals surface area (Å²) in [5.41, 5.74) is 8.51. The van der Waals surface area contributed by atoms with Crippen molar-refractivity contribution in [2.75, 3.05) is 0 Å². The average molecular weight is 417 g/mol. The van der Waals surface area contributed by atoms with Crippen molar-refractivity contribution in [1.82, 2.24) is 30.8 Å². The summed E-state index contributed by atoms with van der Waals surface area (Å²) in [7, 11) is 0. The number of hydrogen-bond donors (Lipinski definition) is 3. The molecule has 3 aromatic rings. The molecule has 0 bridgehead atoms. The predicted molar refractivity (Wildman–Crippen MR) is 99.0 cm³/mol. The van der Waals surface area contributed by atoms with Gasteiger partial charge in [-0.15, -0.1) is 5.10 Å². The van der Waals surface area contributed by atoms with Gasteiger partial charge in [-0.3, -0.25) is 20.4 Å². The lowest BCUT2D eigenvalue weighted by molar-refractivity contribution is 0.0841. The molecule has 0 saturated heterocycles. The monoisotopic (exact) mass is 416 g/mol. The third-order valence-electron chi connectivity index (χ3n) is 3.75. The van der Waals surface area contributed by atoms with Crippen molar-refractivity contribution in [3.8, 4) is 5.69 Å². The molecule has 0 atom stereocenters. The van der Waals surface area contributed by atoms with Crippen LogP contribution in [-0.2, 0) is 0 Å². The molecule has 0 aliphatic heterocycles. The first-order valence-corrected chi connectivity index (χ1v) is 8.60. The number of aromatic amines is 1. The van der Waals surface area contributed by atoms with Gasteiger partial charge in [-0.05, 0) is 54.4 Å². The van der Waals surface area contributed by atoms with Crippen LogP contribution in [0.5, 0.6) is 0 Å². The number of hydrogen-bond acceptors (Lipinski definition) is 4. The number of nitrogens with zero attached hydrogens (tertiary/aromatic N) is 3. The molecule has 0 unspecified atom stereocenters. The number of halogens is 1. The van der Waals surface area contributed by atoms with E-state index in [-0.39, 0.29) is 5.69 Å². The highest BCUT2D eigenvalue weighted by atomic mass is 79.9. The van der Waals surface area contributed by atoms with Crippen LogP contribution in [0.25, 0.3) is 5.69 Å². The van der Waals surface area contributed by atoms with E-state index in [2.05, 4.69) is 42.0 Å². The first kappa shape index (κ1) is 17.9. The zero-order valence-electron chi connectivity index (χ0n) is 14.4. The summed E-state index contributed by atoms with van der Waals surface area (Å²) in [6.45, 7) is 5.64. The van der Waals surface area contributed by atoms with E-state index >= 15 is 0 Å². The van der Waals surface area contributed by atoms with Crippen molar-refractivity contribution in [1.29, 1.82) is 0 Å². The first-order valence-electron chi connectivity index (χ1n) is 7.81. The van der Waals surface area contributed by atoms with E-state index < -0.39 is 11.8 Å². The highest BCUT2D eigenvalue weighted by Crippen LogP contribution is 2.15. The van der Waals surface area contributed by atoms with Crippen LogP contribution in [0.1, 0.15) is 37.8 Å². The summed E-state index contributed by atoms with van der Waals surface area (Å²) in [4.78, 5) is 28.5. The Morgan fingerprint density at radius 2 is 1.81 bits per heavy atom. The number of H-pyrrole nitrogens is 1.